The van der Waals surface area contributed by atoms with Gasteiger partial charge in [-0.25, -0.2) is 4.79 Å². The smallest absolute Gasteiger partial charge is 0.337 e. The van der Waals surface area contributed by atoms with Gasteiger partial charge in [0, 0.05) is 17.6 Å². The van der Waals surface area contributed by atoms with Crippen molar-refractivity contribution in [3.63, 3.8) is 0 Å². The van der Waals surface area contributed by atoms with Crippen LogP contribution in [0.1, 0.15) is 29.6 Å². The van der Waals surface area contributed by atoms with Gasteiger partial charge in [0.25, 0.3) is 0 Å². The summed E-state index contributed by atoms with van der Waals surface area (Å²) in [6.45, 7) is 0. The normalized spacial score (nSPS) is 23.0. The lowest BCUT2D eigenvalue weighted by Crippen LogP contribution is -2.19. The highest BCUT2D eigenvalue weighted by molar-refractivity contribution is 9.10. The zero-order valence-electron chi connectivity index (χ0n) is 10.1. The molecule has 18 heavy (non-hydrogen) atoms. The lowest BCUT2D eigenvalue weighted by atomic mass is 10.1. The average Bonchev–Trinajstić information content (AvgIpc) is 2.76. The molecule has 0 heterocycles. The molecule has 0 saturated heterocycles. The van der Waals surface area contributed by atoms with Crippen LogP contribution in [0.3, 0.4) is 0 Å². The molecule has 0 radical (unpaired) electrons. The molecule has 0 amide bonds. The van der Waals surface area contributed by atoms with E-state index in [0.717, 1.165) is 23.7 Å². The fourth-order valence-electron chi connectivity index (χ4n) is 2.33. The van der Waals surface area contributed by atoms with E-state index >= 15 is 0 Å². The molecule has 2 atom stereocenters. The maximum atomic E-state index is 11.1. The Labute approximate surface area is 114 Å². The summed E-state index contributed by atoms with van der Waals surface area (Å²) in [5.74, 6) is -0.911. The molecular formula is C13H16BrNO3. The van der Waals surface area contributed by atoms with E-state index in [-0.39, 0.29) is 12.1 Å². The van der Waals surface area contributed by atoms with Crippen LogP contribution in [0.25, 0.3) is 0 Å². The Bertz CT molecular complexity index is 450. The minimum Gasteiger partial charge on any atom is -0.478 e. The number of rotatable bonds is 4. The van der Waals surface area contributed by atoms with Crippen LogP contribution >= 0.6 is 15.9 Å². The van der Waals surface area contributed by atoms with Gasteiger partial charge >= 0.3 is 5.97 Å². The Hall–Kier alpha value is -1.07. The topological polar surface area (TPSA) is 58.6 Å². The number of anilines is 1. The highest BCUT2D eigenvalue weighted by atomic mass is 79.9. The standard InChI is InChI=1S/C13H16BrNO3/c1-18-10-4-3-9(7-10)15-12-6-8(14)2-5-11(12)13(16)17/h2,5-6,9-10,15H,3-4,7H2,1H3,(H,16,17). The highest BCUT2D eigenvalue weighted by Gasteiger charge is 2.25. The molecule has 1 aliphatic carbocycles. The third kappa shape index (κ3) is 3.03. The summed E-state index contributed by atoms with van der Waals surface area (Å²) in [6, 6.07) is 5.44. The van der Waals surface area contributed by atoms with Gasteiger partial charge in [0.15, 0.2) is 0 Å². The Morgan fingerprint density at radius 2 is 2.28 bits per heavy atom. The van der Waals surface area contributed by atoms with Gasteiger partial charge in [-0.05, 0) is 37.5 Å². The van der Waals surface area contributed by atoms with Crippen molar-refractivity contribution in [3.8, 4) is 0 Å². The third-order valence-corrected chi connectivity index (χ3v) is 3.78. The van der Waals surface area contributed by atoms with Crippen molar-refractivity contribution in [2.24, 2.45) is 0 Å². The number of carboxylic acids is 1. The average molecular weight is 314 g/mol. The van der Waals surface area contributed by atoms with Crippen molar-refractivity contribution < 1.29 is 14.6 Å². The molecule has 4 nitrogen and oxygen atoms in total. The van der Waals surface area contributed by atoms with Crippen LogP contribution in [0.4, 0.5) is 5.69 Å². The number of aromatic carboxylic acids is 1. The molecule has 1 saturated carbocycles. The predicted molar refractivity (Wildman–Crippen MR) is 73.2 cm³/mol. The predicted octanol–water partition coefficient (Wildman–Crippen LogP) is 3.13. The molecule has 2 unspecified atom stereocenters. The molecule has 1 aromatic carbocycles. The zero-order valence-corrected chi connectivity index (χ0v) is 11.7. The first kappa shape index (κ1) is 13.4. The lowest BCUT2D eigenvalue weighted by molar-refractivity contribution is 0.0698. The maximum Gasteiger partial charge on any atom is 0.337 e. The molecular weight excluding hydrogens is 298 g/mol. The van der Waals surface area contributed by atoms with Gasteiger partial charge < -0.3 is 15.2 Å². The van der Waals surface area contributed by atoms with E-state index in [9.17, 15) is 4.79 Å². The fraction of sp³-hybridized carbons (Fsp3) is 0.462. The number of methoxy groups -OCH3 is 1. The Morgan fingerprint density at radius 1 is 1.50 bits per heavy atom. The summed E-state index contributed by atoms with van der Waals surface area (Å²) in [6.07, 6.45) is 3.22. The molecule has 5 heteroatoms. The van der Waals surface area contributed by atoms with E-state index in [2.05, 4.69) is 21.2 Å². The van der Waals surface area contributed by atoms with Crippen LogP contribution in [0, 0.1) is 0 Å². The van der Waals surface area contributed by atoms with Crippen LogP contribution in [-0.2, 0) is 4.74 Å². The van der Waals surface area contributed by atoms with Crippen molar-refractivity contribution in [2.75, 3.05) is 12.4 Å². The molecule has 2 N–H and O–H groups in total. The number of carboxylic acid groups (broad SMARTS) is 1. The van der Waals surface area contributed by atoms with Crippen LogP contribution in [0.15, 0.2) is 22.7 Å². The van der Waals surface area contributed by atoms with Gasteiger partial charge in [-0.2, -0.15) is 0 Å². The molecule has 2 rings (SSSR count). The Kier molecular flexibility index (Phi) is 4.24. The Morgan fingerprint density at radius 3 is 2.89 bits per heavy atom. The van der Waals surface area contributed by atoms with E-state index in [1.165, 1.54) is 0 Å². The summed E-state index contributed by atoms with van der Waals surface area (Å²) in [7, 11) is 1.72. The van der Waals surface area contributed by atoms with Crippen LogP contribution in [-0.4, -0.2) is 30.3 Å². The van der Waals surface area contributed by atoms with E-state index in [1.807, 2.05) is 6.07 Å². The van der Waals surface area contributed by atoms with Gasteiger partial charge in [-0.15, -0.1) is 0 Å². The van der Waals surface area contributed by atoms with E-state index in [4.69, 9.17) is 9.84 Å². The summed E-state index contributed by atoms with van der Waals surface area (Å²) in [5, 5.41) is 12.5. The highest BCUT2D eigenvalue weighted by Crippen LogP contribution is 2.28. The molecule has 98 valence electrons. The first-order chi connectivity index (χ1) is 8.60. The van der Waals surface area contributed by atoms with Crippen LogP contribution in [0.5, 0.6) is 0 Å². The first-order valence-electron chi connectivity index (χ1n) is 5.92. The van der Waals surface area contributed by atoms with Gasteiger partial charge in [-0.3, -0.25) is 0 Å². The fourth-order valence-corrected chi connectivity index (χ4v) is 2.69. The number of carbonyl (C=O) groups is 1. The van der Waals surface area contributed by atoms with E-state index < -0.39 is 5.97 Å². The van der Waals surface area contributed by atoms with E-state index in [0.29, 0.717) is 11.3 Å². The largest absolute Gasteiger partial charge is 0.478 e. The number of hydrogen-bond donors (Lipinski definition) is 2. The van der Waals surface area contributed by atoms with Gasteiger partial charge in [0.1, 0.15) is 0 Å². The maximum absolute atomic E-state index is 11.1. The van der Waals surface area contributed by atoms with Gasteiger partial charge in [-0.1, -0.05) is 15.9 Å². The van der Waals surface area contributed by atoms with Crippen molar-refractivity contribution >= 4 is 27.6 Å². The molecule has 1 fully saturated rings. The van der Waals surface area contributed by atoms with Crippen LogP contribution < -0.4 is 5.32 Å². The number of hydrogen-bond acceptors (Lipinski definition) is 3. The van der Waals surface area contributed by atoms with E-state index in [1.54, 1.807) is 19.2 Å². The number of nitrogens with one attached hydrogen (secondary N) is 1. The van der Waals surface area contributed by atoms with Gasteiger partial charge in [0.2, 0.25) is 0 Å². The van der Waals surface area contributed by atoms with Crippen molar-refractivity contribution in [3.05, 3.63) is 28.2 Å². The monoisotopic (exact) mass is 313 g/mol. The molecule has 0 bridgehead atoms. The zero-order chi connectivity index (χ0) is 13.1. The number of benzene rings is 1. The quantitative estimate of drug-likeness (QED) is 0.896. The third-order valence-electron chi connectivity index (χ3n) is 3.29. The second-order valence-corrected chi connectivity index (χ2v) is 5.42. The second-order valence-electron chi connectivity index (χ2n) is 4.51. The van der Waals surface area contributed by atoms with Gasteiger partial charge in [0.05, 0.1) is 17.4 Å². The molecule has 0 spiro atoms. The molecule has 0 aromatic heterocycles. The minimum atomic E-state index is -0.911. The lowest BCUT2D eigenvalue weighted by Gasteiger charge is -2.16. The number of halogens is 1. The van der Waals surface area contributed by atoms with Crippen molar-refractivity contribution in [1.82, 2.24) is 0 Å². The SMILES string of the molecule is COC1CCC(Nc2cc(Br)ccc2C(=O)O)C1. The summed E-state index contributed by atoms with van der Waals surface area (Å²) >= 11 is 3.36. The first-order valence-corrected chi connectivity index (χ1v) is 6.71. The van der Waals surface area contributed by atoms with Crippen molar-refractivity contribution in [1.29, 1.82) is 0 Å². The minimum absolute atomic E-state index is 0.280. The molecule has 1 aromatic rings. The molecule has 1 aliphatic rings. The number of ether oxygens (including phenoxy) is 1. The summed E-state index contributed by atoms with van der Waals surface area (Å²) in [5.41, 5.74) is 0.970. The van der Waals surface area contributed by atoms with Crippen molar-refractivity contribution in [2.45, 2.75) is 31.4 Å². The Balaban J connectivity index is 2.13. The van der Waals surface area contributed by atoms with Crippen LogP contribution in [0.2, 0.25) is 0 Å². The second kappa shape index (κ2) is 5.71. The molecule has 0 aliphatic heterocycles. The summed E-state index contributed by atoms with van der Waals surface area (Å²) < 4.78 is 6.19. The summed E-state index contributed by atoms with van der Waals surface area (Å²) in [4.78, 5) is 11.1.